The topological polar surface area (TPSA) is 82.1 Å². The van der Waals surface area contributed by atoms with Gasteiger partial charge in [0.15, 0.2) is 5.76 Å². The van der Waals surface area contributed by atoms with Gasteiger partial charge in [-0.2, -0.15) is 0 Å². The summed E-state index contributed by atoms with van der Waals surface area (Å²) in [5.74, 6) is -2.76. The molecule has 0 radical (unpaired) electrons. The molecule has 1 heterocycles. The Labute approximate surface area is 194 Å². The van der Waals surface area contributed by atoms with Gasteiger partial charge < -0.3 is 19.3 Å². The summed E-state index contributed by atoms with van der Waals surface area (Å²) in [7, 11) is 0. The zero-order valence-corrected chi connectivity index (χ0v) is 18.9. The predicted molar refractivity (Wildman–Crippen MR) is 122 cm³/mol. The number of carbonyl (C=O) groups is 2. The number of para-hydroxylation sites is 1. The quantitative estimate of drug-likeness (QED) is 0.495. The molecule has 0 bridgehead atoms. The molecular weight excluding hydrogens is 420 g/mol. The lowest BCUT2D eigenvalue weighted by atomic mass is 9.96. The number of benzene rings is 2. The lowest BCUT2D eigenvalue weighted by molar-refractivity contribution is -0.240. The molecule has 4 rings (SSSR count). The molecule has 2 aliphatic rings. The minimum atomic E-state index is -1.73. The first-order chi connectivity index (χ1) is 16.0. The van der Waals surface area contributed by atoms with Crippen LogP contribution < -0.4 is 4.74 Å². The number of aliphatic hydroxyl groups is 1. The summed E-state index contributed by atoms with van der Waals surface area (Å²) >= 11 is 0. The minimum absolute atomic E-state index is 0.200. The molecule has 174 valence electrons. The van der Waals surface area contributed by atoms with Crippen molar-refractivity contribution in [1.29, 1.82) is 0 Å². The van der Waals surface area contributed by atoms with Crippen molar-refractivity contribution in [2.45, 2.75) is 70.0 Å². The van der Waals surface area contributed by atoms with E-state index in [9.17, 15) is 14.7 Å². The zero-order chi connectivity index (χ0) is 23.3. The van der Waals surface area contributed by atoms with E-state index in [1.807, 2.05) is 31.2 Å². The average molecular weight is 451 g/mol. The van der Waals surface area contributed by atoms with Crippen molar-refractivity contribution in [3.05, 3.63) is 77.2 Å². The van der Waals surface area contributed by atoms with Crippen molar-refractivity contribution >= 4 is 11.9 Å². The van der Waals surface area contributed by atoms with Crippen LogP contribution in [0, 0.1) is 0 Å². The second kappa shape index (κ2) is 10.1. The van der Waals surface area contributed by atoms with E-state index in [1.165, 1.54) is 0 Å². The maximum absolute atomic E-state index is 13.1. The average Bonchev–Trinajstić information content (AvgIpc) is 3.36. The van der Waals surface area contributed by atoms with Gasteiger partial charge in [-0.25, -0.2) is 4.79 Å². The van der Waals surface area contributed by atoms with Crippen LogP contribution in [0.3, 0.4) is 0 Å². The third kappa shape index (κ3) is 5.05. The number of esters is 2. The lowest BCUT2D eigenvalue weighted by Crippen LogP contribution is -2.42. The van der Waals surface area contributed by atoms with E-state index in [1.54, 1.807) is 30.3 Å². The second-order valence-electron chi connectivity index (χ2n) is 8.66. The van der Waals surface area contributed by atoms with Gasteiger partial charge in [0.05, 0.1) is 6.42 Å². The standard InChI is InChI=1S/C27H30O6/c1-2-3-17-24(29)32-27(20-13-5-4-6-14-20)18-22(28)25(26(30)33-27)31-23-16-10-9-15-21(23)19-11-7-8-12-19/h4-6,9-10,13-16,19,28H,2-3,7-8,11-12,17-18H2,1H3. The third-order valence-electron chi connectivity index (χ3n) is 6.26. The third-order valence-corrected chi connectivity index (χ3v) is 6.26. The van der Waals surface area contributed by atoms with Gasteiger partial charge in [-0.05, 0) is 36.8 Å². The number of rotatable bonds is 8. The molecule has 2 aromatic carbocycles. The number of carbonyl (C=O) groups excluding carboxylic acids is 2. The highest BCUT2D eigenvalue weighted by Gasteiger charge is 2.48. The molecule has 1 unspecified atom stereocenters. The number of aliphatic hydroxyl groups excluding tert-OH is 1. The van der Waals surface area contributed by atoms with Gasteiger partial charge in [0.1, 0.15) is 5.75 Å². The molecule has 1 saturated carbocycles. The summed E-state index contributed by atoms with van der Waals surface area (Å²) in [6.45, 7) is 1.97. The first-order valence-corrected chi connectivity index (χ1v) is 11.7. The molecule has 6 heteroatoms. The fourth-order valence-corrected chi connectivity index (χ4v) is 4.53. The lowest BCUT2D eigenvalue weighted by Gasteiger charge is -2.36. The minimum Gasteiger partial charge on any atom is -0.508 e. The molecule has 0 spiro atoms. The van der Waals surface area contributed by atoms with Gasteiger partial charge in [-0.15, -0.1) is 0 Å². The molecular formula is C27H30O6. The molecule has 1 aliphatic heterocycles. The van der Waals surface area contributed by atoms with Crippen molar-refractivity contribution in [3.63, 3.8) is 0 Å². The van der Waals surface area contributed by atoms with E-state index < -0.39 is 17.7 Å². The van der Waals surface area contributed by atoms with Crippen LogP contribution in [0.2, 0.25) is 0 Å². The Morgan fingerprint density at radius 2 is 1.79 bits per heavy atom. The molecule has 1 aliphatic carbocycles. The van der Waals surface area contributed by atoms with Gasteiger partial charge >= 0.3 is 11.9 Å². The maximum Gasteiger partial charge on any atom is 0.381 e. The summed E-state index contributed by atoms with van der Waals surface area (Å²) < 4.78 is 17.3. The normalized spacial score (nSPS) is 21.1. The monoisotopic (exact) mass is 450 g/mol. The van der Waals surface area contributed by atoms with Crippen LogP contribution in [0.15, 0.2) is 66.1 Å². The van der Waals surface area contributed by atoms with Crippen LogP contribution in [-0.2, 0) is 24.8 Å². The Balaban J connectivity index is 1.63. The maximum atomic E-state index is 13.1. The molecule has 33 heavy (non-hydrogen) atoms. The van der Waals surface area contributed by atoms with Crippen LogP contribution in [0.25, 0.3) is 0 Å². The Morgan fingerprint density at radius 1 is 1.09 bits per heavy atom. The van der Waals surface area contributed by atoms with E-state index in [-0.39, 0.29) is 24.4 Å². The molecule has 1 atom stereocenters. The fraction of sp³-hybridized carbons (Fsp3) is 0.407. The van der Waals surface area contributed by atoms with Crippen LogP contribution in [0.5, 0.6) is 5.75 Å². The Bertz CT molecular complexity index is 1020. The zero-order valence-electron chi connectivity index (χ0n) is 18.9. The van der Waals surface area contributed by atoms with Crippen molar-refractivity contribution in [3.8, 4) is 5.75 Å². The van der Waals surface area contributed by atoms with Crippen LogP contribution in [0.1, 0.15) is 75.3 Å². The number of unbranched alkanes of at least 4 members (excludes halogenated alkanes) is 1. The van der Waals surface area contributed by atoms with Gasteiger partial charge in [-0.3, -0.25) is 4.79 Å². The number of hydrogen-bond acceptors (Lipinski definition) is 6. The van der Waals surface area contributed by atoms with E-state index in [0.29, 0.717) is 23.7 Å². The van der Waals surface area contributed by atoms with E-state index >= 15 is 0 Å². The molecule has 1 N–H and O–H groups in total. The Kier molecular flexibility index (Phi) is 7.02. The van der Waals surface area contributed by atoms with Gasteiger partial charge in [0.2, 0.25) is 5.76 Å². The second-order valence-corrected chi connectivity index (χ2v) is 8.66. The summed E-state index contributed by atoms with van der Waals surface area (Å²) in [6, 6.07) is 16.3. The number of ether oxygens (including phenoxy) is 3. The van der Waals surface area contributed by atoms with Gasteiger partial charge in [-0.1, -0.05) is 74.7 Å². The first-order valence-electron chi connectivity index (χ1n) is 11.7. The highest BCUT2D eigenvalue weighted by Crippen LogP contribution is 2.42. The molecule has 0 saturated heterocycles. The fourth-order valence-electron chi connectivity index (χ4n) is 4.53. The van der Waals surface area contributed by atoms with Crippen molar-refractivity contribution in [1.82, 2.24) is 0 Å². The Morgan fingerprint density at radius 3 is 2.48 bits per heavy atom. The van der Waals surface area contributed by atoms with E-state index in [0.717, 1.165) is 37.7 Å². The van der Waals surface area contributed by atoms with Gasteiger partial charge in [0.25, 0.3) is 5.79 Å². The van der Waals surface area contributed by atoms with Crippen LogP contribution >= 0.6 is 0 Å². The number of cyclic esters (lactones) is 1. The highest BCUT2D eigenvalue weighted by molar-refractivity contribution is 5.89. The molecule has 1 fully saturated rings. The first kappa shape index (κ1) is 22.9. The SMILES string of the molecule is CCCCC(=O)OC1(c2ccccc2)CC(O)=C(Oc2ccccc2C2CCCC2)C(=O)O1. The smallest absolute Gasteiger partial charge is 0.381 e. The van der Waals surface area contributed by atoms with Crippen molar-refractivity contribution < 1.29 is 28.9 Å². The summed E-state index contributed by atoms with van der Waals surface area (Å²) in [5, 5.41) is 10.9. The molecule has 6 nitrogen and oxygen atoms in total. The number of hydrogen-bond donors (Lipinski definition) is 1. The highest BCUT2D eigenvalue weighted by atomic mass is 16.7. The van der Waals surface area contributed by atoms with Crippen LogP contribution in [-0.4, -0.2) is 17.0 Å². The molecule has 0 amide bonds. The van der Waals surface area contributed by atoms with Crippen molar-refractivity contribution in [2.75, 3.05) is 0 Å². The van der Waals surface area contributed by atoms with Crippen molar-refractivity contribution in [2.24, 2.45) is 0 Å². The summed E-state index contributed by atoms with van der Waals surface area (Å²) in [4.78, 5) is 25.6. The Hall–Kier alpha value is -3.28. The largest absolute Gasteiger partial charge is 0.508 e. The molecule has 0 aromatic heterocycles. The van der Waals surface area contributed by atoms with E-state index in [4.69, 9.17) is 14.2 Å². The summed E-state index contributed by atoms with van der Waals surface area (Å²) in [6.07, 6.45) is 5.94. The predicted octanol–water partition coefficient (Wildman–Crippen LogP) is 6.03. The van der Waals surface area contributed by atoms with E-state index in [2.05, 4.69) is 0 Å². The van der Waals surface area contributed by atoms with Gasteiger partial charge in [0, 0.05) is 12.0 Å². The molecule has 2 aromatic rings. The van der Waals surface area contributed by atoms with Crippen LogP contribution in [0.4, 0.5) is 0 Å². The summed E-state index contributed by atoms with van der Waals surface area (Å²) in [5.41, 5.74) is 1.49.